The number of halogens is 1. The van der Waals surface area contributed by atoms with E-state index in [2.05, 4.69) is 28.4 Å². The molecule has 1 unspecified atom stereocenters. The Morgan fingerprint density at radius 2 is 1.56 bits per heavy atom. The number of benzene rings is 3. The van der Waals surface area contributed by atoms with E-state index in [1.807, 2.05) is 30.3 Å². The molecule has 2 aliphatic rings. The van der Waals surface area contributed by atoms with Gasteiger partial charge in [0.05, 0.1) is 7.11 Å². The van der Waals surface area contributed by atoms with Gasteiger partial charge in [0.15, 0.2) is 0 Å². The highest BCUT2D eigenvalue weighted by Crippen LogP contribution is 2.38. The van der Waals surface area contributed by atoms with Crippen LogP contribution in [0, 0.1) is 5.82 Å². The summed E-state index contributed by atoms with van der Waals surface area (Å²) in [6.07, 6.45) is 4.53. The molecule has 2 heterocycles. The van der Waals surface area contributed by atoms with Gasteiger partial charge < -0.3 is 19.9 Å². The first-order chi connectivity index (χ1) is 16.5. The Hall–Kier alpha value is -3.38. The Kier molecular flexibility index (Phi) is 6.24. The Morgan fingerprint density at radius 1 is 0.912 bits per heavy atom. The molecule has 5 nitrogen and oxygen atoms in total. The number of hydrogen-bond donors (Lipinski definition) is 1. The van der Waals surface area contributed by atoms with Crippen molar-refractivity contribution >= 4 is 23.0 Å². The van der Waals surface area contributed by atoms with E-state index in [0.29, 0.717) is 29.4 Å². The summed E-state index contributed by atoms with van der Waals surface area (Å²) in [6, 6.07) is 23.3. The number of methoxy groups -OCH3 is 1. The molecule has 2 saturated heterocycles. The van der Waals surface area contributed by atoms with Crippen molar-refractivity contribution in [3.05, 3.63) is 84.2 Å². The SMILES string of the molecule is COc1cccc(N(c2cccc(C(=O)N(C)c3cccc(F)c3)c2)C2C[C@H]3CC[C@@H](C2)N3)c1. The fourth-order valence-corrected chi connectivity index (χ4v) is 5.35. The standard InChI is InChI=1S/C28H30FN3O2/c1-31(23-8-4-7-20(29)15-23)28(33)19-6-3-9-24(14-19)32(25-10-5-11-27(18-25)34-2)26-16-21-12-13-22(17-26)30-21/h3-11,14-15,18,21-22,26,30H,12-13,16-17H2,1-2H3/t21-,22+,26?. The lowest BCUT2D eigenvalue weighted by Crippen LogP contribution is -2.46. The van der Waals surface area contributed by atoms with Gasteiger partial charge in [-0.2, -0.15) is 0 Å². The van der Waals surface area contributed by atoms with Crippen molar-refractivity contribution in [1.29, 1.82) is 0 Å². The van der Waals surface area contributed by atoms with Crippen LogP contribution in [0.25, 0.3) is 0 Å². The molecule has 5 rings (SSSR count). The number of hydrogen-bond acceptors (Lipinski definition) is 4. The van der Waals surface area contributed by atoms with Crippen LogP contribution in [0.1, 0.15) is 36.0 Å². The molecule has 3 aromatic rings. The van der Waals surface area contributed by atoms with E-state index < -0.39 is 0 Å². The number of rotatable bonds is 6. The minimum Gasteiger partial charge on any atom is -0.497 e. The molecule has 0 spiro atoms. The summed E-state index contributed by atoms with van der Waals surface area (Å²) in [5, 5.41) is 3.73. The summed E-state index contributed by atoms with van der Waals surface area (Å²) in [5.41, 5.74) is 3.11. The van der Waals surface area contributed by atoms with Crippen LogP contribution in [0.3, 0.4) is 0 Å². The highest BCUT2D eigenvalue weighted by molar-refractivity contribution is 6.06. The average molecular weight is 460 g/mol. The minimum absolute atomic E-state index is 0.177. The highest BCUT2D eigenvalue weighted by atomic mass is 19.1. The number of fused-ring (bicyclic) bond motifs is 2. The number of anilines is 3. The van der Waals surface area contributed by atoms with Crippen LogP contribution in [0.15, 0.2) is 72.8 Å². The summed E-state index contributed by atoms with van der Waals surface area (Å²) in [4.78, 5) is 17.2. The summed E-state index contributed by atoms with van der Waals surface area (Å²) < 4.78 is 19.2. The highest BCUT2D eigenvalue weighted by Gasteiger charge is 2.37. The van der Waals surface area contributed by atoms with Crippen molar-refractivity contribution in [1.82, 2.24) is 5.32 Å². The summed E-state index contributed by atoms with van der Waals surface area (Å²) in [5.74, 6) is 0.261. The van der Waals surface area contributed by atoms with Crippen LogP contribution < -0.4 is 19.9 Å². The molecule has 0 aromatic heterocycles. The van der Waals surface area contributed by atoms with Gasteiger partial charge in [-0.25, -0.2) is 4.39 Å². The quantitative estimate of drug-likeness (QED) is 0.526. The molecule has 2 bridgehead atoms. The molecule has 34 heavy (non-hydrogen) atoms. The maximum atomic E-state index is 13.7. The molecular weight excluding hydrogens is 429 g/mol. The number of carbonyl (C=O) groups excluding carboxylic acids is 1. The van der Waals surface area contributed by atoms with Crippen molar-refractivity contribution in [2.24, 2.45) is 0 Å². The third-order valence-corrected chi connectivity index (χ3v) is 7.02. The van der Waals surface area contributed by atoms with Crippen molar-refractivity contribution in [2.45, 2.75) is 43.8 Å². The Bertz CT molecular complexity index is 1170. The average Bonchev–Trinajstić information content (AvgIpc) is 3.21. The summed E-state index contributed by atoms with van der Waals surface area (Å²) in [6.45, 7) is 0. The molecule has 2 aliphatic heterocycles. The lowest BCUT2D eigenvalue weighted by Gasteiger charge is -2.39. The molecule has 3 aromatic carbocycles. The number of piperidine rings is 1. The summed E-state index contributed by atoms with van der Waals surface area (Å²) in [7, 11) is 3.35. The number of nitrogens with zero attached hydrogens (tertiary/aromatic N) is 2. The maximum Gasteiger partial charge on any atom is 0.258 e. The van der Waals surface area contributed by atoms with Crippen LogP contribution in [0.2, 0.25) is 0 Å². The molecule has 0 saturated carbocycles. The first-order valence-corrected chi connectivity index (χ1v) is 11.8. The fourth-order valence-electron chi connectivity index (χ4n) is 5.35. The Morgan fingerprint density at radius 3 is 2.26 bits per heavy atom. The lowest BCUT2D eigenvalue weighted by molar-refractivity contribution is 0.0993. The molecule has 176 valence electrons. The predicted molar refractivity (Wildman–Crippen MR) is 134 cm³/mol. The molecular formula is C28H30FN3O2. The van der Waals surface area contributed by atoms with Gasteiger partial charge in [0.25, 0.3) is 5.91 Å². The van der Waals surface area contributed by atoms with Crippen LogP contribution in [0.4, 0.5) is 21.5 Å². The number of ether oxygens (including phenoxy) is 1. The van der Waals surface area contributed by atoms with Gasteiger partial charge in [-0.05, 0) is 74.2 Å². The van der Waals surface area contributed by atoms with Crippen LogP contribution in [0.5, 0.6) is 5.75 Å². The molecule has 6 heteroatoms. The van der Waals surface area contributed by atoms with Crippen LogP contribution >= 0.6 is 0 Å². The zero-order valence-electron chi connectivity index (χ0n) is 19.6. The van der Waals surface area contributed by atoms with E-state index in [1.54, 1.807) is 26.3 Å². The predicted octanol–water partition coefficient (Wildman–Crippen LogP) is 5.53. The lowest BCUT2D eigenvalue weighted by atomic mass is 9.96. The van der Waals surface area contributed by atoms with Gasteiger partial charge in [-0.15, -0.1) is 0 Å². The first-order valence-electron chi connectivity index (χ1n) is 11.8. The zero-order valence-corrected chi connectivity index (χ0v) is 19.6. The van der Waals surface area contributed by atoms with Gasteiger partial charge in [0.2, 0.25) is 0 Å². The van der Waals surface area contributed by atoms with E-state index in [0.717, 1.165) is 30.0 Å². The normalized spacial score (nSPS) is 21.2. The van der Waals surface area contributed by atoms with Crippen molar-refractivity contribution in [3.8, 4) is 5.75 Å². The molecule has 0 radical (unpaired) electrons. The van der Waals surface area contributed by atoms with Crippen LogP contribution in [-0.2, 0) is 0 Å². The zero-order chi connectivity index (χ0) is 23.7. The monoisotopic (exact) mass is 459 g/mol. The van der Waals surface area contributed by atoms with E-state index in [1.165, 1.54) is 29.9 Å². The van der Waals surface area contributed by atoms with E-state index in [9.17, 15) is 9.18 Å². The van der Waals surface area contributed by atoms with E-state index >= 15 is 0 Å². The second-order valence-electron chi connectivity index (χ2n) is 9.23. The van der Waals surface area contributed by atoms with Gasteiger partial charge in [0.1, 0.15) is 11.6 Å². The third kappa shape index (κ3) is 4.50. The van der Waals surface area contributed by atoms with Gasteiger partial charge >= 0.3 is 0 Å². The molecule has 2 fully saturated rings. The van der Waals surface area contributed by atoms with Crippen LogP contribution in [-0.4, -0.2) is 38.2 Å². The van der Waals surface area contributed by atoms with Crippen molar-refractivity contribution < 1.29 is 13.9 Å². The molecule has 1 amide bonds. The first kappa shape index (κ1) is 22.4. The van der Waals surface area contributed by atoms with E-state index in [-0.39, 0.29) is 11.7 Å². The molecule has 0 aliphatic carbocycles. The largest absolute Gasteiger partial charge is 0.497 e. The maximum absolute atomic E-state index is 13.7. The Labute approximate surface area is 200 Å². The summed E-state index contributed by atoms with van der Waals surface area (Å²) >= 11 is 0. The topological polar surface area (TPSA) is 44.8 Å². The van der Waals surface area contributed by atoms with Gasteiger partial charge in [-0.1, -0.05) is 18.2 Å². The third-order valence-electron chi connectivity index (χ3n) is 7.02. The Balaban J connectivity index is 1.50. The van der Waals surface area contributed by atoms with E-state index in [4.69, 9.17) is 4.74 Å². The number of nitrogens with one attached hydrogen (secondary N) is 1. The fraction of sp³-hybridized carbons (Fsp3) is 0.321. The number of amides is 1. The molecule has 1 N–H and O–H groups in total. The number of carbonyl (C=O) groups is 1. The minimum atomic E-state index is -0.365. The van der Waals surface area contributed by atoms with Crippen molar-refractivity contribution in [3.63, 3.8) is 0 Å². The van der Waals surface area contributed by atoms with Gasteiger partial charge in [0, 0.05) is 53.9 Å². The van der Waals surface area contributed by atoms with Gasteiger partial charge in [-0.3, -0.25) is 4.79 Å². The second-order valence-corrected chi connectivity index (χ2v) is 9.23. The van der Waals surface area contributed by atoms with Crippen molar-refractivity contribution in [2.75, 3.05) is 24.0 Å². The smallest absolute Gasteiger partial charge is 0.258 e. The second kappa shape index (κ2) is 9.47. The molecule has 3 atom stereocenters.